The van der Waals surface area contributed by atoms with Crippen LogP contribution < -0.4 is 14.4 Å². The third kappa shape index (κ3) is 3.00. The number of benzene rings is 3. The molecule has 4 heterocycles. The van der Waals surface area contributed by atoms with Crippen LogP contribution in [0.3, 0.4) is 0 Å². The Kier molecular flexibility index (Phi) is 4.54. The lowest BCUT2D eigenvalue weighted by molar-refractivity contribution is -0.122. The number of hydrogen-bond donors (Lipinski definition) is 0. The molecular formula is C28H20N4O4. The van der Waals surface area contributed by atoms with E-state index in [1.165, 1.54) is 0 Å². The standard InChI is InChI=1S/C28H20N4O4/c33-27-28(17-35-24-13-12-22-26(25(24)28)31-36-30-22)21-8-4-5-9-23(21)32(27)15-19-10-11-20(14-29-19)34-16-18-6-2-1-3-7-18/h1-14H,15-17H2. The molecule has 7 rings (SSSR count). The average Bonchev–Trinajstić information content (AvgIpc) is 3.62. The van der Waals surface area contributed by atoms with E-state index in [1.807, 2.05) is 72.8 Å². The summed E-state index contributed by atoms with van der Waals surface area (Å²) in [5.74, 6) is 1.22. The molecule has 1 amide bonds. The summed E-state index contributed by atoms with van der Waals surface area (Å²) in [6.07, 6.45) is 1.69. The van der Waals surface area contributed by atoms with Crippen LogP contribution in [0.15, 0.2) is 89.7 Å². The zero-order chi connectivity index (χ0) is 24.1. The Balaban J connectivity index is 1.20. The first-order valence-corrected chi connectivity index (χ1v) is 11.7. The predicted octanol–water partition coefficient (Wildman–Crippen LogP) is 4.42. The topological polar surface area (TPSA) is 90.6 Å². The van der Waals surface area contributed by atoms with Gasteiger partial charge in [0.05, 0.1) is 18.4 Å². The fraction of sp³-hybridized carbons (Fsp3) is 0.143. The number of aromatic nitrogens is 3. The maximum Gasteiger partial charge on any atom is 0.246 e. The number of ether oxygens (including phenoxy) is 2. The van der Waals surface area contributed by atoms with E-state index in [2.05, 4.69) is 15.3 Å². The monoisotopic (exact) mass is 476 g/mol. The van der Waals surface area contributed by atoms with Crippen molar-refractivity contribution in [1.82, 2.24) is 15.3 Å². The highest BCUT2D eigenvalue weighted by molar-refractivity contribution is 6.13. The number of pyridine rings is 1. The maximum absolute atomic E-state index is 14.2. The molecular weight excluding hydrogens is 456 g/mol. The molecule has 0 aliphatic carbocycles. The van der Waals surface area contributed by atoms with E-state index in [9.17, 15) is 4.79 Å². The molecule has 8 heteroatoms. The highest BCUT2D eigenvalue weighted by Gasteiger charge is 2.58. The van der Waals surface area contributed by atoms with E-state index in [-0.39, 0.29) is 12.5 Å². The van der Waals surface area contributed by atoms with Crippen molar-refractivity contribution in [1.29, 1.82) is 0 Å². The van der Waals surface area contributed by atoms with Gasteiger partial charge in [0, 0.05) is 11.3 Å². The minimum atomic E-state index is -1.01. The van der Waals surface area contributed by atoms with Crippen LogP contribution in [-0.2, 0) is 23.4 Å². The van der Waals surface area contributed by atoms with Gasteiger partial charge in [-0.1, -0.05) is 48.5 Å². The fourth-order valence-corrected chi connectivity index (χ4v) is 5.18. The van der Waals surface area contributed by atoms with Crippen molar-refractivity contribution in [3.05, 3.63) is 107 Å². The van der Waals surface area contributed by atoms with E-state index in [4.69, 9.17) is 14.1 Å². The Bertz CT molecular complexity index is 1600. The van der Waals surface area contributed by atoms with Gasteiger partial charge in [-0.2, -0.15) is 0 Å². The van der Waals surface area contributed by atoms with Gasteiger partial charge in [-0.25, -0.2) is 4.63 Å². The first-order valence-electron chi connectivity index (χ1n) is 11.7. The second kappa shape index (κ2) is 7.91. The van der Waals surface area contributed by atoms with Crippen LogP contribution in [-0.4, -0.2) is 27.8 Å². The minimum absolute atomic E-state index is 0.0795. The highest BCUT2D eigenvalue weighted by Crippen LogP contribution is 2.54. The van der Waals surface area contributed by atoms with E-state index in [0.717, 1.165) is 22.5 Å². The quantitative estimate of drug-likeness (QED) is 0.371. The maximum atomic E-state index is 14.2. The molecule has 2 aliphatic heterocycles. The number of para-hydroxylation sites is 1. The van der Waals surface area contributed by atoms with Crippen molar-refractivity contribution in [2.45, 2.75) is 18.6 Å². The van der Waals surface area contributed by atoms with Crippen LogP contribution in [0.2, 0.25) is 0 Å². The van der Waals surface area contributed by atoms with Crippen molar-refractivity contribution < 1.29 is 18.9 Å². The third-order valence-electron chi connectivity index (χ3n) is 6.89. The summed E-state index contributed by atoms with van der Waals surface area (Å²) < 4.78 is 16.9. The largest absolute Gasteiger partial charge is 0.491 e. The Labute approximate surface area is 206 Å². The molecule has 1 unspecified atom stereocenters. The van der Waals surface area contributed by atoms with Gasteiger partial charge in [0.25, 0.3) is 0 Å². The molecule has 176 valence electrons. The van der Waals surface area contributed by atoms with Crippen molar-refractivity contribution in [3.8, 4) is 11.5 Å². The summed E-state index contributed by atoms with van der Waals surface area (Å²) >= 11 is 0. The predicted molar refractivity (Wildman–Crippen MR) is 131 cm³/mol. The molecule has 2 aliphatic rings. The minimum Gasteiger partial charge on any atom is -0.491 e. The van der Waals surface area contributed by atoms with Crippen molar-refractivity contribution >= 4 is 22.6 Å². The molecule has 8 nitrogen and oxygen atoms in total. The zero-order valence-electron chi connectivity index (χ0n) is 19.1. The van der Waals surface area contributed by atoms with Gasteiger partial charge in [-0.05, 0) is 51.8 Å². The van der Waals surface area contributed by atoms with Gasteiger partial charge in [-0.3, -0.25) is 9.78 Å². The molecule has 0 saturated heterocycles. The zero-order valence-corrected chi connectivity index (χ0v) is 19.1. The Morgan fingerprint density at radius 1 is 0.944 bits per heavy atom. The number of rotatable bonds is 5. The Hall–Kier alpha value is -4.72. The summed E-state index contributed by atoms with van der Waals surface area (Å²) in [6, 6.07) is 25.2. The molecule has 0 radical (unpaired) electrons. The van der Waals surface area contributed by atoms with E-state index in [1.54, 1.807) is 17.2 Å². The van der Waals surface area contributed by atoms with Gasteiger partial charge >= 0.3 is 0 Å². The highest BCUT2D eigenvalue weighted by atomic mass is 16.6. The number of nitrogens with zero attached hydrogens (tertiary/aromatic N) is 4. The first-order chi connectivity index (χ1) is 17.7. The Morgan fingerprint density at radius 2 is 1.81 bits per heavy atom. The van der Waals surface area contributed by atoms with Gasteiger partial charge in [0.1, 0.15) is 41.2 Å². The lowest BCUT2D eigenvalue weighted by atomic mass is 9.76. The van der Waals surface area contributed by atoms with Crippen molar-refractivity contribution in [2.75, 3.05) is 11.5 Å². The Morgan fingerprint density at radius 3 is 2.67 bits per heavy atom. The van der Waals surface area contributed by atoms with Gasteiger partial charge in [0.15, 0.2) is 0 Å². The number of amides is 1. The molecule has 1 spiro atoms. The molecule has 0 bridgehead atoms. The van der Waals surface area contributed by atoms with Gasteiger partial charge < -0.3 is 14.4 Å². The second-order valence-electron chi connectivity index (χ2n) is 8.93. The van der Waals surface area contributed by atoms with Gasteiger partial charge in [-0.15, -0.1) is 0 Å². The molecule has 2 aromatic heterocycles. The second-order valence-corrected chi connectivity index (χ2v) is 8.93. The smallest absolute Gasteiger partial charge is 0.246 e. The van der Waals surface area contributed by atoms with Crippen LogP contribution in [0.25, 0.3) is 11.0 Å². The summed E-state index contributed by atoms with van der Waals surface area (Å²) in [7, 11) is 0. The van der Waals surface area contributed by atoms with Crippen LogP contribution in [0.4, 0.5) is 5.69 Å². The fourth-order valence-electron chi connectivity index (χ4n) is 5.18. The number of carbonyl (C=O) groups is 1. The van der Waals surface area contributed by atoms with E-state index >= 15 is 0 Å². The van der Waals surface area contributed by atoms with Crippen LogP contribution >= 0.6 is 0 Å². The summed E-state index contributed by atoms with van der Waals surface area (Å²) in [5.41, 5.74) is 4.39. The van der Waals surface area contributed by atoms with Crippen molar-refractivity contribution in [3.63, 3.8) is 0 Å². The SMILES string of the molecule is O=C1N(Cc2ccc(OCc3ccccc3)cn2)c2ccccc2C12COc1ccc3nonc3c12. The molecule has 5 aromatic rings. The number of anilines is 1. The number of hydrogen-bond acceptors (Lipinski definition) is 7. The molecule has 0 fully saturated rings. The van der Waals surface area contributed by atoms with E-state index in [0.29, 0.717) is 41.2 Å². The van der Waals surface area contributed by atoms with Crippen LogP contribution in [0.5, 0.6) is 11.5 Å². The van der Waals surface area contributed by atoms with Crippen LogP contribution in [0.1, 0.15) is 22.4 Å². The van der Waals surface area contributed by atoms with Gasteiger partial charge in [0.2, 0.25) is 5.91 Å². The van der Waals surface area contributed by atoms with Crippen molar-refractivity contribution in [2.24, 2.45) is 0 Å². The summed E-state index contributed by atoms with van der Waals surface area (Å²) in [4.78, 5) is 20.5. The summed E-state index contributed by atoms with van der Waals surface area (Å²) in [6.45, 7) is 0.979. The summed E-state index contributed by atoms with van der Waals surface area (Å²) in [5, 5.41) is 8.08. The number of fused-ring (bicyclic) bond motifs is 6. The third-order valence-corrected chi connectivity index (χ3v) is 6.89. The van der Waals surface area contributed by atoms with E-state index < -0.39 is 5.41 Å². The normalized spacial score (nSPS) is 17.9. The number of carbonyl (C=O) groups excluding carboxylic acids is 1. The first kappa shape index (κ1) is 20.6. The lowest BCUT2D eigenvalue weighted by Gasteiger charge is -2.23. The molecule has 36 heavy (non-hydrogen) atoms. The average molecular weight is 476 g/mol. The molecule has 1 atom stereocenters. The molecule has 3 aromatic carbocycles. The molecule has 0 saturated carbocycles. The molecule has 0 N–H and O–H groups in total. The van der Waals surface area contributed by atoms with Crippen LogP contribution in [0, 0.1) is 0 Å². The lowest BCUT2D eigenvalue weighted by Crippen LogP contribution is -2.42.